The third kappa shape index (κ3) is 2.16. The lowest BCUT2D eigenvalue weighted by Crippen LogP contribution is -2.40. The number of nitrogens with one attached hydrogen (secondary N) is 1. The maximum absolute atomic E-state index is 12.9. The lowest BCUT2D eigenvalue weighted by Gasteiger charge is -2.33. The van der Waals surface area contributed by atoms with E-state index in [4.69, 9.17) is 8.94 Å². The van der Waals surface area contributed by atoms with Gasteiger partial charge in [0.05, 0.1) is 12.0 Å². The molecule has 0 unspecified atom stereocenters. The van der Waals surface area contributed by atoms with Crippen LogP contribution in [0.5, 0.6) is 0 Å². The Bertz CT molecular complexity index is 1010. The first kappa shape index (κ1) is 14.0. The number of carbonyl (C=O) groups excluding carboxylic acids is 1. The molecular formula is C18H14N4O3. The summed E-state index contributed by atoms with van der Waals surface area (Å²) in [6.07, 6.45) is 3.76. The number of nitrogens with zero attached hydrogens (tertiary/aromatic N) is 3. The molecule has 1 atom stereocenters. The highest BCUT2D eigenvalue weighted by Crippen LogP contribution is 2.36. The van der Waals surface area contributed by atoms with Gasteiger partial charge in [0.2, 0.25) is 0 Å². The van der Waals surface area contributed by atoms with E-state index < -0.39 is 6.04 Å². The van der Waals surface area contributed by atoms with Crippen LogP contribution in [-0.2, 0) is 6.42 Å². The van der Waals surface area contributed by atoms with Gasteiger partial charge >= 0.3 is 0 Å². The van der Waals surface area contributed by atoms with E-state index >= 15 is 0 Å². The molecule has 4 heterocycles. The first-order valence-electron chi connectivity index (χ1n) is 8.03. The van der Waals surface area contributed by atoms with E-state index in [9.17, 15) is 4.79 Å². The van der Waals surface area contributed by atoms with E-state index in [1.54, 1.807) is 17.3 Å². The number of amides is 1. The monoisotopic (exact) mass is 334 g/mol. The molecule has 1 aromatic carbocycles. The number of para-hydroxylation sites is 1. The fourth-order valence-electron chi connectivity index (χ4n) is 3.39. The number of fused-ring (bicyclic) bond motifs is 2. The molecule has 1 amide bonds. The Balaban J connectivity index is 1.64. The van der Waals surface area contributed by atoms with Crippen LogP contribution < -0.4 is 0 Å². The number of aromatic nitrogens is 3. The highest BCUT2D eigenvalue weighted by atomic mass is 16.5. The van der Waals surface area contributed by atoms with E-state index in [1.807, 2.05) is 30.3 Å². The third-order valence-corrected chi connectivity index (χ3v) is 4.56. The Morgan fingerprint density at radius 1 is 1.28 bits per heavy atom. The van der Waals surface area contributed by atoms with Gasteiger partial charge in [-0.15, -0.1) is 0 Å². The van der Waals surface area contributed by atoms with Gasteiger partial charge in [0.25, 0.3) is 5.91 Å². The molecule has 4 aromatic rings. The molecule has 7 nitrogen and oxygen atoms in total. The van der Waals surface area contributed by atoms with Gasteiger partial charge in [0, 0.05) is 30.1 Å². The Morgan fingerprint density at radius 2 is 2.20 bits per heavy atom. The Kier molecular flexibility index (Phi) is 3.00. The topological polar surface area (TPSA) is 88.2 Å². The van der Waals surface area contributed by atoms with Gasteiger partial charge in [-0.2, -0.15) is 0 Å². The molecule has 0 saturated heterocycles. The second-order valence-electron chi connectivity index (χ2n) is 5.99. The van der Waals surface area contributed by atoms with Crippen LogP contribution in [0.1, 0.15) is 33.7 Å². The van der Waals surface area contributed by atoms with Gasteiger partial charge in [-0.3, -0.25) is 4.79 Å². The summed E-state index contributed by atoms with van der Waals surface area (Å²) in [4.78, 5) is 22.3. The molecule has 0 aliphatic carbocycles. The summed E-state index contributed by atoms with van der Waals surface area (Å²) in [7, 11) is 0. The van der Waals surface area contributed by atoms with Crippen LogP contribution in [0.4, 0.5) is 0 Å². The van der Waals surface area contributed by atoms with Crippen molar-refractivity contribution in [1.82, 2.24) is 20.0 Å². The summed E-state index contributed by atoms with van der Waals surface area (Å²) < 4.78 is 10.9. The van der Waals surface area contributed by atoms with Crippen molar-refractivity contribution in [3.63, 3.8) is 0 Å². The summed E-state index contributed by atoms with van der Waals surface area (Å²) in [5.74, 6) is 0.485. The van der Waals surface area contributed by atoms with E-state index in [1.165, 1.54) is 6.26 Å². The van der Waals surface area contributed by atoms with Crippen LogP contribution in [0.2, 0.25) is 0 Å². The number of hydrogen-bond donors (Lipinski definition) is 1. The molecular weight excluding hydrogens is 320 g/mol. The number of carbonyl (C=O) groups is 1. The number of H-pyrrole nitrogens is 1. The Labute approximate surface area is 142 Å². The number of hydrogen-bond acceptors (Lipinski definition) is 5. The van der Waals surface area contributed by atoms with E-state index in [0.717, 1.165) is 22.4 Å². The summed E-state index contributed by atoms with van der Waals surface area (Å²) in [5, 5.41) is 4.78. The van der Waals surface area contributed by atoms with Crippen molar-refractivity contribution in [2.45, 2.75) is 12.5 Å². The zero-order valence-electron chi connectivity index (χ0n) is 13.2. The maximum atomic E-state index is 12.9. The molecule has 0 saturated carbocycles. The standard InChI is InChI=1S/C18H14N4O3/c23-18(13-6-8-24-21-13)22-7-5-12-16(20-10-19-12)17(22)15-9-11-3-1-2-4-14(11)25-15/h1-4,6,8-10,17H,5,7H2,(H,19,20)/t17-/m1/s1. The summed E-state index contributed by atoms with van der Waals surface area (Å²) in [6, 6.07) is 10.9. The van der Waals surface area contributed by atoms with Gasteiger partial charge in [-0.05, 0) is 12.1 Å². The lowest BCUT2D eigenvalue weighted by molar-refractivity contribution is 0.0662. The van der Waals surface area contributed by atoms with Crippen LogP contribution in [-0.4, -0.2) is 32.5 Å². The first-order valence-corrected chi connectivity index (χ1v) is 8.03. The lowest BCUT2D eigenvalue weighted by atomic mass is 9.99. The minimum absolute atomic E-state index is 0.201. The zero-order chi connectivity index (χ0) is 16.8. The predicted molar refractivity (Wildman–Crippen MR) is 87.9 cm³/mol. The molecule has 7 heteroatoms. The smallest absolute Gasteiger partial charge is 0.276 e. The first-order chi connectivity index (χ1) is 12.3. The normalized spacial score (nSPS) is 17.0. The van der Waals surface area contributed by atoms with Gasteiger partial charge < -0.3 is 18.8 Å². The fourth-order valence-corrected chi connectivity index (χ4v) is 3.39. The van der Waals surface area contributed by atoms with Crippen molar-refractivity contribution in [1.29, 1.82) is 0 Å². The number of rotatable bonds is 2. The Morgan fingerprint density at radius 3 is 3.04 bits per heavy atom. The average molecular weight is 334 g/mol. The molecule has 1 aliphatic heterocycles. The summed E-state index contributed by atoms with van der Waals surface area (Å²) in [6.45, 7) is 0.544. The quantitative estimate of drug-likeness (QED) is 0.609. The average Bonchev–Trinajstić information content (AvgIpc) is 3.39. The molecule has 124 valence electrons. The van der Waals surface area contributed by atoms with Crippen LogP contribution in [0.25, 0.3) is 11.0 Å². The molecule has 0 spiro atoms. The number of aromatic amines is 1. The van der Waals surface area contributed by atoms with Crippen LogP contribution in [0.15, 0.2) is 57.9 Å². The van der Waals surface area contributed by atoms with E-state index in [0.29, 0.717) is 18.7 Å². The zero-order valence-corrected chi connectivity index (χ0v) is 13.2. The van der Waals surface area contributed by atoms with Crippen LogP contribution in [0, 0.1) is 0 Å². The molecule has 5 rings (SSSR count). The maximum Gasteiger partial charge on any atom is 0.276 e. The highest BCUT2D eigenvalue weighted by Gasteiger charge is 2.37. The minimum atomic E-state index is -0.397. The molecule has 1 aliphatic rings. The molecule has 1 N–H and O–H groups in total. The van der Waals surface area contributed by atoms with Crippen LogP contribution in [0.3, 0.4) is 0 Å². The SMILES string of the molecule is O=C(c1ccon1)N1CCc2[nH]cnc2[C@H]1c1cc2ccccc2o1. The fraction of sp³-hybridized carbons (Fsp3) is 0.167. The summed E-state index contributed by atoms with van der Waals surface area (Å²) in [5.41, 5.74) is 2.89. The van der Waals surface area contributed by atoms with E-state index in [-0.39, 0.29) is 11.6 Å². The van der Waals surface area contributed by atoms with Crippen molar-refractivity contribution < 1.29 is 13.7 Å². The van der Waals surface area contributed by atoms with Gasteiger partial charge in [-0.1, -0.05) is 23.4 Å². The molecule has 0 fully saturated rings. The second-order valence-corrected chi connectivity index (χ2v) is 5.99. The third-order valence-electron chi connectivity index (χ3n) is 4.56. The molecule has 25 heavy (non-hydrogen) atoms. The van der Waals surface area contributed by atoms with Crippen LogP contribution >= 0.6 is 0 Å². The molecule has 0 radical (unpaired) electrons. The van der Waals surface area contributed by atoms with Crippen molar-refractivity contribution >= 4 is 16.9 Å². The van der Waals surface area contributed by atoms with Crippen molar-refractivity contribution in [2.75, 3.05) is 6.54 Å². The van der Waals surface area contributed by atoms with Crippen molar-refractivity contribution in [3.8, 4) is 0 Å². The number of furan rings is 1. The number of imidazole rings is 1. The Hall–Kier alpha value is -3.35. The highest BCUT2D eigenvalue weighted by molar-refractivity contribution is 5.93. The largest absolute Gasteiger partial charge is 0.458 e. The van der Waals surface area contributed by atoms with Crippen molar-refractivity contribution in [3.05, 3.63) is 71.8 Å². The predicted octanol–water partition coefficient (Wildman–Crippen LogP) is 2.93. The number of benzene rings is 1. The van der Waals surface area contributed by atoms with Gasteiger partial charge in [0.1, 0.15) is 23.6 Å². The minimum Gasteiger partial charge on any atom is -0.458 e. The van der Waals surface area contributed by atoms with Gasteiger partial charge in [0.15, 0.2) is 5.69 Å². The second kappa shape index (κ2) is 5.34. The molecule has 3 aromatic heterocycles. The summed E-state index contributed by atoms with van der Waals surface area (Å²) >= 11 is 0. The molecule has 0 bridgehead atoms. The van der Waals surface area contributed by atoms with Crippen molar-refractivity contribution in [2.24, 2.45) is 0 Å². The van der Waals surface area contributed by atoms with Gasteiger partial charge in [-0.25, -0.2) is 4.98 Å². The van der Waals surface area contributed by atoms with E-state index in [2.05, 4.69) is 15.1 Å².